The van der Waals surface area contributed by atoms with Crippen molar-refractivity contribution in [2.75, 3.05) is 11.9 Å². The Morgan fingerprint density at radius 3 is 3.00 bits per heavy atom. The first-order chi connectivity index (χ1) is 7.31. The predicted octanol–water partition coefficient (Wildman–Crippen LogP) is 2.40. The molecular formula is C12H16ClNO2. The molecule has 2 rings (SSSR count). The molecule has 1 atom stereocenters. The molecular weight excluding hydrogens is 226 g/mol. The van der Waals surface area contributed by atoms with Crippen LogP contribution in [0.5, 0.6) is 0 Å². The molecule has 1 aromatic carbocycles. The van der Waals surface area contributed by atoms with Crippen LogP contribution < -0.4 is 5.32 Å². The highest BCUT2D eigenvalue weighted by Crippen LogP contribution is 2.24. The average Bonchev–Trinajstić information content (AvgIpc) is 2.29. The summed E-state index contributed by atoms with van der Waals surface area (Å²) in [7, 11) is 0. The Bertz CT molecular complexity index is 368. The lowest BCUT2D eigenvalue weighted by Gasteiger charge is -2.25. The Kier molecular flexibility index (Phi) is 4.62. The lowest BCUT2D eigenvalue weighted by Crippen LogP contribution is -2.34. The number of fused-ring (bicyclic) bond motifs is 1. The van der Waals surface area contributed by atoms with Gasteiger partial charge in [-0.05, 0) is 31.4 Å². The predicted molar refractivity (Wildman–Crippen MR) is 66.1 cm³/mol. The highest BCUT2D eigenvalue weighted by molar-refractivity contribution is 5.85. The Morgan fingerprint density at radius 1 is 1.50 bits per heavy atom. The van der Waals surface area contributed by atoms with Crippen LogP contribution in [-0.2, 0) is 16.0 Å². The van der Waals surface area contributed by atoms with Crippen LogP contribution >= 0.6 is 12.4 Å². The number of carbonyl (C=O) groups excluding carboxylic acids is 1. The summed E-state index contributed by atoms with van der Waals surface area (Å²) in [4.78, 5) is 11.5. The standard InChI is InChI=1S/C12H15NO2.ClH/c1-2-15-12(14)11-8-7-9-5-3-4-6-10(9)13-11;/h3-6,11,13H,2,7-8H2,1H3;1H. The van der Waals surface area contributed by atoms with E-state index in [0.29, 0.717) is 6.61 Å². The second-order valence-electron chi connectivity index (χ2n) is 3.64. The van der Waals surface area contributed by atoms with Crippen molar-refractivity contribution in [1.82, 2.24) is 0 Å². The number of rotatable bonds is 2. The molecule has 0 aliphatic carbocycles. The van der Waals surface area contributed by atoms with Crippen molar-refractivity contribution < 1.29 is 9.53 Å². The number of anilines is 1. The number of ether oxygens (including phenoxy) is 1. The van der Waals surface area contributed by atoms with Crippen LogP contribution in [0.15, 0.2) is 24.3 Å². The summed E-state index contributed by atoms with van der Waals surface area (Å²) in [6, 6.07) is 7.90. The summed E-state index contributed by atoms with van der Waals surface area (Å²) in [6.45, 7) is 2.27. The van der Waals surface area contributed by atoms with Gasteiger partial charge < -0.3 is 10.1 Å². The van der Waals surface area contributed by atoms with Gasteiger partial charge >= 0.3 is 5.97 Å². The molecule has 0 spiro atoms. The van der Waals surface area contributed by atoms with E-state index in [9.17, 15) is 4.79 Å². The van der Waals surface area contributed by atoms with E-state index in [4.69, 9.17) is 4.74 Å². The van der Waals surface area contributed by atoms with Gasteiger partial charge in [0.2, 0.25) is 0 Å². The molecule has 0 saturated heterocycles. The van der Waals surface area contributed by atoms with Crippen LogP contribution in [0.3, 0.4) is 0 Å². The molecule has 1 heterocycles. The minimum Gasteiger partial charge on any atom is -0.464 e. The second kappa shape index (κ2) is 5.75. The Balaban J connectivity index is 0.00000128. The SMILES string of the molecule is CCOC(=O)C1CCc2ccccc2N1.Cl. The molecule has 16 heavy (non-hydrogen) atoms. The quantitative estimate of drug-likeness (QED) is 0.808. The van der Waals surface area contributed by atoms with Gasteiger partial charge in [-0.3, -0.25) is 0 Å². The maximum Gasteiger partial charge on any atom is 0.328 e. The molecule has 0 aromatic heterocycles. The lowest BCUT2D eigenvalue weighted by molar-refractivity contribution is -0.144. The van der Waals surface area contributed by atoms with Gasteiger partial charge in [-0.25, -0.2) is 4.79 Å². The largest absolute Gasteiger partial charge is 0.464 e. The van der Waals surface area contributed by atoms with Crippen LogP contribution in [-0.4, -0.2) is 18.6 Å². The third-order valence-electron chi connectivity index (χ3n) is 2.62. The summed E-state index contributed by atoms with van der Waals surface area (Å²) in [5, 5.41) is 3.21. The number of para-hydroxylation sites is 1. The van der Waals surface area contributed by atoms with Gasteiger partial charge in [0.05, 0.1) is 6.61 Å². The number of carbonyl (C=O) groups is 1. The van der Waals surface area contributed by atoms with Gasteiger partial charge in [0.1, 0.15) is 6.04 Å². The van der Waals surface area contributed by atoms with Crippen LogP contribution in [0, 0.1) is 0 Å². The summed E-state index contributed by atoms with van der Waals surface area (Å²) < 4.78 is 4.99. The zero-order valence-corrected chi connectivity index (χ0v) is 10.0. The van der Waals surface area contributed by atoms with E-state index in [0.717, 1.165) is 18.5 Å². The first-order valence-corrected chi connectivity index (χ1v) is 5.32. The third kappa shape index (κ3) is 2.67. The zero-order chi connectivity index (χ0) is 10.7. The number of nitrogens with one attached hydrogen (secondary N) is 1. The summed E-state index contributed by atoms with van der Waals surface area (Å²) in [6.07, 6.45) is 1.75. The van der Waals surface area contributed by atoms with E-state index < -0.39 is 0 Å². The van der Waals surface area contributed by atoms with Gasteiger partial charge in [0, 0.05) is 5.69 Å². The second-order valence-corrected chi connectivity index (χ2v) is 3.64. The van der Waals surface area contributed by atoms with Crippen molar-refractivity contribution in [1.29, 1.82) is 0 Å². The van der Waals surface area contributed by atoms with E-state index in [-0.39, 0.29) is 24.4 Å². The molecule has 4 heteroatoms. The van der Waals surface area contributed by atoms with Crippen molar-refractivity contribution in [2.45, 2.75) is 25.8 Å². The molecule has 0 saturated carbocycles. The maximum atomic E-state index is 11.5. The Hall–Kier alpha value is -1.22. The van der Waals surface area contributed by atoms with Crippen molar-refractivity contribution >= 4 is 24.1 Å². The molecule has 1 aliphatic rings. The minimum atomic E-state index is -0.181. The Morgan fingerprint density at radius 2 is 2.25 bits per heavy atom. The van der Waals surface area contributed by atoms with Crippen LogP contribution in [0.2, 0.25) is 0 Å². The van der Waals surface area contributed by atoms with E-state index in [1.54, 1.807) is 0 Å². The molecule has 0 radical (unpaired) electrons. The van der Waals surface area contributed by atoms with E-state index in [2.05, 4.69) is 11.4 Å². The fourth-order valence-electron chi connectivity index (χ4n) is 1.86. The van der Waals surface area contributed by atoms with Gasteiger partial charge in [-0.15, -0.1) is 12.4 Å². The molecule has 0 amide bonds. The van der Waals surface area contributed by atoms with Crippen LogP contribution in [0.25, 0.3) is 0 Å². The summed E-state index contributed by atoms with van der Waals surface area (Å²) >= 11 is 0. The van der Waals surface area contributed by atoms with Crippen molar-refractivity contribution in [3.05, 3.63) is 29.8 Å². The lowest BCUT2D eigenvalue weighted by atomic mass is 9.98. The fourth-order valence-corrected chi connectivity index (χ4v) is 1.86. The van der Waals surface area contributed by atoms with Gasteiger partial charge in [0.25, 0.3) is 0 Å². The molecule has 3 nitrogen and oxygen atoms in total. The third-order valence-corrected chi connectivity index (χ3v) is 2.62. The molecule has 1 unspecified atom stereocenters. The van der Waals surface area contributed by atoms with Crippen molar-refractivity contribution in [3.63, 3.8) is 0 Å². The summed E-state index contributed by atoms with van der Waals surface area (Å²) in [5.74, 6) is -0.146. The average molecular weight is 242 g/mol. The van der Waals surface area contributed by atoms with Crippen molar-refractivity contribution in [3.8, 4) is 0 Å². The van der Waals surface area contributed by atoms with Crippen LogP contribution in [0.1, 0.15) is 18.9 Å². The van der Waals surface area contributed by atoms with Gasteiger partial charge in [0.15, 0.2) is 0 Å². The number of halogens is 1. The molecule has 1 aromatic rings. The number of benzene rings is 1. The zero-order valence-electron chi connectivity index (χ0n) is 9.23. The Labute approximate surface area is 102 Å². The number of aryl methyl sites for hydroxylation is 1. The first-order valence-electron chi connectivity index (χ1n) is 5.32. The van der Waals surface area contributed by atoms with E-state index in [1.165, 1.54) is 5.56 Å². The molecule has 0 bridgehead atoms. The van der Waals surface area contributed by atoms with E-state index >= 15 is 0 Å². The van der Waals surface area contributed by atoms with Gasteiger partial charge in [-0.2, -0.15) is 0 Å². The smallest absolute Gasteiger partial charge is 0.328 e. The normalized spacial score (nSPS) is 17.7. The monoisotopic (exact) mass is 241 g/mol. The molecule has 88 valence electrons. The van der Waals surface area contributed by atoms with Crippen LogP contribution in [0.4, 0.5) is 5.69 Å². The molecule has 1 N–H and O–H groups in total. The van der Waals surface area contributed by atoms with Gasteiger partial charge in [-0.1, -0.05) is 18.2 Å². The number of esters is 1. The maximum absolute atomic E-state index is 11.5. The molecule has 0 fully saturated rings. The highest BCUT2D eigenvalue weighted by Gasteiger charge is 2.24. The topological polar surface area (TPSA) is 38.3 Å². The summed E-state index contributed by atoms with van der Waals surface area (Å²) in [5.41, 5.74) is 2.33. The van der Waals surface area contributed by atoms with E-state index in [1.807, 2.05) is 25.1 Å². The first kappa shape index (κ1) is 12.8. The molecule has 1 aliphatic heterocycles. The van der Waals surface area contributed by atoms with Crippen molar-refractivity contribution in [2.24, 2.45) is 0 Å². The fraction of sp³-hybridized carbons (Fsp3) is 0.417. The minimum absolute atomic E-state index is 0. The number of hydrogen-bond acceptors (Lipinski definition) is 3. The highest BCUT2D eigenvalue weighted by atomic mass is 35.5. The number of hydrogen-bond donors (Lipinski definition) is 1.